The fourth-order valence-corrected chi connectivity index (χ4v) is 4.06. The van der Waals surface area contributed by atoms with Gasteiger partial charge in [-0.05, 0) is 12.5 Å². The summed E-state index contributed by atoms with van der Waals surface area (Å²) < 4.78 is -0.512. The van der Waals surface area contributed by atoms with Crippen LogP contribution < -0.4 is 0 Å². The molecule has 0 aromatic carbocycles. The van der Waals surface area contributed by atoms with Gasteiger partial charge < -0.3 is 4.90 Å². The summed E-state index contributed by atoms with van der Waals surface area (Å²) in [7, 11) is 0. The van der Waals surface area contributed by atoms with Crippen LogP contribution in [0.25, 0.3) is 0 Å². The van der Waals surface area contributed by atoms with Crippen molar-refractivity contribution < 1.29 is 4.79 Å². The molecule has 0 aromatic heterocycles. The zero-order chi connectivity index (χ0) is 8.93. The number of fused-ring (bicyclic) bond motifs is 1. The van der Waals surface area contributed by atoms with E-state index in [-0.39, 0.29) is 11.3 Å². The molecule has 66 valence electrons. The Morgan fingerprint density at radius 3 is 3.08 bits per heavy atom. The van der Waals surface area contributed by atoms with Crippen LogP contribution in [0.1, 0.15) is 6.92 Å². The zero-order valence-electron chi connectivity index (χ0n) is 6.38. The van der Waals surface area contributed by atoms with Crippen molar-refractivity contribution in [1.82, 2.24) is 4.90 Å². The Bertz CT molecular complexity index is 277. The van der Waals surface area contributed by atoms with Gasteiger partial charge in [0.05, 0.1) is 0 Å². The monoisotopic (exact) mass is 311 g/mol. The lowest BCUT2D eigenvalue weighted by molar-refractivity contribution is -0.137. The van der Waals surface area contributed by atoms with Crippen molar-refractivity contribution in [1.29, 1.82) is 0 Å². The lowest BCUT2D eigenvalue weighted by Crippen LogP contribution is -2.64. The molecule has 2 nitrogen and oxygen atoms in total. The van der Waals surface area contributed by atoms with E-state index in [0.717, 1.165) is 5.75 Å². The molecule has 0 radical (unpaired) electrons. The molecule has 2 aliphatic heterocycles. The molecule has 0 aliphatic carbocycles. The molecule has 2 rings (SSSR count). The summed E-state index contributed by atoms with van der Waals surface area (Å²) in [6.07, 6.45) is 1.93. The van der Waals surface area contributed by atoms with Gasteiger partial charge >= 0.3 is 0 Å². The molecule has 2 aliphatic rings. The minimum absolute atomic E-state index is 0.0963. The predicted molar refractivity (Wildman–Crippen MR) is 57.4 cm³/mol. The van der Waals surface area contributed by atoms with Crippen LogP contribution in [0.3, 0.4) is 0 Å². The van der Waals surface area contributed by atoms with Crippen molar-refractivity contribution in [3.05, 3.63) is 11.8 Å². The van der Waals surface area contributed by atoms with Crippen molar-refractivity contribution in [2.45, 2.75) is 15.5 Å². The summed E-state index contributed by atoms with van der Waals surface area (Å²) in [5.41, 5.74) is 1.25. The van der Waals surface area contributed by atoms with Crippen LogP contribution in [-0.4, -0.2) is 25.2 Å². The predicted octanol–water partition coefficient (Wildman–Crippen LogP) is 2.29. The van der Waals surface area contributed by atoms with Gasteiger partial charge in [-0.25, -0.2) is 0 Å². The standard InChI is InChI=1S/C7H7Br2NOS/c1-4-2-10-5(11)7(8,9)6(10)12-3-4/h2,6H,3H2,1H3/t6-/m1/s1. The first-order chi connectivity index (χ1) is 5.53. The molecule has 0 N–H and O–H groups in total. The van der Waals surface area contributed by atoms with Crippen LogP contribution in [0, 0.1) is 0 Å². The van der Waals surface area contributed by atoms with Gasteiger partial charge in [-0.3, -0.25) is 4.79 Å². The minimum Gasteiger partial charge on any atom is -0.302 e. The molecule has 0 bridgehead atoms. The number of halogens is 2. The number of carbonyl (C=O) groups excluding carboxylic acids is 1. The SMILES string of the molecule is CC1=CN2C(=O)C(Br)(Br)[C@H]2SC1. The van der Waals surface area contributed by atoms with Crippen LogP contribution in [0.2, 0.25) is 0 Å². The van der Waals surface area contributed by atoms with Crippen molar-refractivity contribution in [3.8, 4) is 0 Å². The van der Waals surface area contributed by atoms with E-state index in [1.807, 2.05) is 13.1 Å². The van der Waals surface area contributed by atoms with Gasteiger partial charge in [-0.15, -0.1) is 11.8 Å². The normalized spacial score (nSPS) is 32.2. The molecule has 1 fully saturated rings. The van der Waals surface area contributed by atoms with Crippen LogP contribution in [-0.2, 0) is 4.79 Å². The van der Waals surface area contributed by atoms with Crippen LogP contribution >= 0.6 is 43.6 Å². The summed E-state index contributed by atoms with van der Waals surface area (Å²) >= 11 is 8.51. The van der Waals surface area contributed by atoms with E-state index in [1.165, 1.54) is 5.57 Å². The molecule has 2 heterocycles. The first kappa shape index (κ1) is 9.09. The van der Waals surface area contributed by atoms with E-state index in [4.69, 9.17) is 0 Å². The number of hydrogen-bond acceptors (Lipinski definition) is 2. The number of hydrogen-bond donors (Lipinski definition) is 0. The maximum Gasteiger partial charge on any atom is 0.258 e. The van der Waals surface area contributed by atoms with Crippen molar-refractivity contribution in [2.75, 3.05) is 5.75 Å². The Labute approximate surface area is 92.0 Å². The summed E-state index contributed by atoms with van der Waals surface area (Å²) in [6, 6.07) is 0. The topological polar surface area (TPSA) is 20.3 Å². The van der Waals surface area contributed by atoms with Crippen LogP contribution in [0.15, 0.2) is 11.8 Å². The summed E-state index contributed by atoms with van der Waals surface area (Å²) in [4.78, 5) is 13.2. The third-order valence-electron chi connectivity index (χ3n) is 1.91. The van der Waals surface area contributed by atoms with E-state index < -0.39 is 3.23 Å². The Kier molecular flexibility index (Phi) is 2.09. The largest absolute Gasteiger partial charge is 0.302 e. The second kappa shape index (κ2) is 2.75. The van der Waals surface area contributed by atoms with Gasteiger partial charge in [-0.2, -0.15) is 0 Å². The third kappa shape index (κ3) is 1.09. The van der Waals surface area contributed by atoms with E-state index in [1.54, 1.807) is 16.7 Å². The maximum atomic E-state index is 11.4. The zero-order valence-corrected chi connectivity index (χ0v) is 10.4. The first-order valence-electron chi connectivity index (χ1n) is 3.53. The number of rotatable bonds is 0. The molecule has 0 saturated carbocycles. The van der Waals surface area contributed by atoms with Crippen molar-refractivity contribution in [2.24, 2.45) is 0 Å². The quantitative estimate of drug-likeness (QED) is 0.505. The van der Waals surface area contributed by atoms with Gasteiger partial charge in [-0.1, -0.05) is 31.9 Å². The number of carbonyl (C=O) groups is 1. The highest BCUT2D eigenvalue weighted by Crippen LogP contribution is 2.51. The number of nitrogens with zero attached hydrogens (tertiary/aromatic N) is 1. The second-order valence-corrected chi connectivity index (χ2v) is 7.61. The summed E-state index contributed by atoms with van der Waals surface area (Å²) in [5.74, 6) is 1.10. The third-order valence-corrected chi connectivity index (χ3v) is 5.58. The van der Waals surface area contributed by atoms with Gasteiger partial charge in [0.1, 0.15) is 5.37 Å². The fraction of sp³-hybridized carbons (Fsp3) is 0.571. The Morgan fingerprint density at radius 1 is 1.75 bits per heavy atom. The first-order valence-corrected chi connectivity index (χ1v) is 6.16. The highest BCUT2D eigenvalue weighted by atomic mass is 79.9. The fourth-order valence-electron chi connectivity index (χ4n) is 1.29. The molecule has 1 amide bonds. The number of thioether (sulfide) groups is 1. The van der Waals surface area contributed by atoms with Crippen molar-refractivity contribution >= 4 is 49.5 Å². The van der Waals surface area contributed by atoms with E-state index in [2.05, 4.69) is 31.9 Å². The van der Waals surface area contributed by atoms with Crippen LogP contribution in [0.5, 0.6) is 0 Å². The molecular formula is C7H7Br2NOS. The van der Waals surface area contributed by atoms with Gasteiger partial charge in [0.15, 0.2) is 3.23 Å². The van der Waals surface area contributed by atoms with Gasteiger partial charge in [0.25, 0.3) is 5.91 Å². The molecule has 0 aromatic rings. The smallest absolute Gasteiger partial charge is 0.258 e. The molecule has 0 spiro atoms. The van der Waals surface area contributed by atoms with Gasteiger partial charge in [0, 0.05) is 12.0 Å². The van der Waals surface area contributed by atoms with E-state index in [9.17, 15) is 4.79 Å². The Morgan fingerprint density at radius 2 is 2.42 bits per heavy atom. The number of amides is 1. The van der Waals surface area contributed by atoms with E-state index in [0.29, 0.717) is 0 Å². The molecule has 12 heavy (non-hydrogen) atoms. The second-order valence-electron chi connectivity index (χ2n) is 2.97. The molecular weight excluding hydrogens is 306 g/mol. The maximum absolute atomic E-state index is 11.4. The molecule has 0 unspecified atom stereocenters. The summed E-state index contributed by atoms with van der Waals surface area (Å²) in [5, 5.41) is 0.216. The average Bonchev–Trinajstić information content (AvgIpc) is 2.03. The molecule has 1 saturated heterocycles. The number of alkyl halides is 2. The molecule has 1 atom stereocenters. The lowest BCUT2D eigenvalue weighted by atomic mass is 10.2. The van der Waals surface area contributed by atoms with Gasteiger partial charge in [0.2, 0.25) is 0 Å². The van der Waals surface area contributed by atoms with E-state index >= 15 is 0 Å². The number of β-lactam (4-membered cyclic amide) rings is 1. The Balaban J connectivity index is 2.26. The minimum atomic E-state index is -0.512. The highest BCUT2D eigenvalue weighted by Gasteiger charge is 2.58. The Hall–Kier alpha value is 0.520. The summed E-state index contributed by atoms with van der Waals surface area (Å²) in [6.45, 7) is 2.04. The molecule has 5 heteroatoms. The highest BCUT2D eigenvalue weighted by molar-refractivity contribution is 9.26. The lowest BCUT2D eigenvalue weighted by Gasteiger charge is -2.49. The van der Waals surface area contributed by atoms with Crippen LogP contribution in [0.4, 0.5) is 0 Å². The van der Waals surface area contributed by atoms with Crippen molar-refractivity contribution in [3.63, 3.8) is 0 Å². The average molecular weight is 313 g/mol.